The Kier molecular flexibility index (Phi) is 14.5. The van der Waals surface area contributed by atoms with Gasteiger partial charge in [0.1, 0.15) is 35.2 Å². The molecule has 8 aromatic rings. The molecule has 0 aliphatic carbocycles. The van der Waals surface area contributed by atoms with Crippen LogP contribution >= 0.6 is 0 Å². The topological polar surface area (TPSA) is 114 Å². The summed E-state index contributed by atoms with van der Waals surface area (Å²) in [6, 6.07) is 59.3. The Labute approximate surface area is 421 Å². The van der Waals surface area contributed by atoms with Gasteiger partial charge in [-0.05, 0) is 118 Å². The lowest BCUT2D eigenvalue weighted by Crippen LogP contribution is -2.37. The van der Waals surface area contributed by atoms with E-state index in [1.165, 1.54) is 46.9 Å². The Bertz CT molecular complexity index is 3190. The van der Waals surface area contributed by atoms with Crippen molar-refractivity contribution in [3.8, 4) is 34.1 Å². The number of rotatable bonds is 17. The number of ether oxygens (including phenoxy) is 6. The molecule has 0 aromatic heterocycles. The minimum Gasteiger partial charge on any atom is -0.489 e. The molecule has 2 aliphatic heterocycles. The van der Waals surface area contributed by atoms with Crippen LogP contribution in [0.15, 0.2) is 170 Å². The fourth-order valence-electron chi connectivity index (χ4n) is 10.5. The summed E-state index contributed by atoms with van der Waals surface area (Å²) < 4.78 is 34.5. The third-order valence-electron chi connectivity index (χ3n) is 14.3. The molecule has 0 fully saturated rings. The molecule has 0 unspecified atom stereocenters. The summed E-state index contributed by atoms with van der Waals surface area (Å²) in [4.78, 5) is 23.4. The molecule has 366 valence electrons. The van der Waals surface area contributed by atoms with Crippen molar-refractivity contribution in [3.63, 3.8) is 0 Å². The van der Waals surface area contributed by atoms with E-state index in [1.807, 2.05) is 30.3 Å². The van der Waals surface area contributed by atoms with Crippen molar-refractivity contribution in [2.24, 2.45) is 0 Å². The van der Waals surface area contributed by atoms with E-state index < -0.39 is 11.9 Å². The largest absolute Gasteiger partial charge is 0.489 e. The van der Waals surface area contributed by atoms with Crippen LogP contribution in [0, 0.1) is 0 Å². The van der Waals surface area contributed by atoms with E-state index >= 15 is 0 Å². The summed E-state index contributed by atoms with van der Waals surface area (Å²) in [6.45, 7) is 5.49. The van der Waals surface area contributed by atoms with Crippen molar-refractivity contribution in [1.29, 1.82) is 0 Å². The van der Waals surface area contributed by atoms with Crippen LogP contribution in [0.25, 0.3) is 32.7 Å². The van der Waals surface area contributed by atoms with Crippen LogP contribution < -0.4 is 29.6 Å². The van der Waals surface area contributed by atoms with E-state index in [1.54, 1.807) is 0 Å². The van der Waals surface area contributed by atoms with Gasteiger partial charge in [0, 0.05) is 48.1 Å². The molecular formula is C62H60N2O8. The third-order valence-corrected chi connectivity index (χ3v) is 14.3. The van der Waals surface area contributed by atoms with E-state index in [-0.39, 0.29) is 49.3 Å². The monoisotopic (exact) mass is 960 g/mol. The summed E-state index contributed by atoms with van der Waals surface area (Å²) in [5, 5.41) is 12.5. The zero-order chi connectivity index (χ0) is 49.6. The lowest BCUT2D eigenvalue weighted by molar-refractivity contribution is -0.143. The van der Waals surface area contributed by atoms with Crippen molar-refractivity contribution >= 4 is 33.5 Å². The van der Waals surface area contributed by atoms with Gasteiger partial charge in [0.2, 0.25) is 0 Å². The molecule has 0 bridgehead atoms. The Balaban J connectivity index is 0.882. The highest BCUT2D eigenvalue weighted by atomic mass is 16.6. The van der Waals surface area contributed by atoms with Crippen LogP contribution in [0.2, 0.25) is 0 Å². The van der Waals surface area contributed by atoms with Crippen LogP contribution in [-0.4, -0.2) is 64.7 Å². The molecule has 72 heavy (non-hydrogen) atoms. The highest BCUT2D eigenvalue weighted by Gasteiger charge is 2.32. The summed E-state index contributed by atoms with van der Waals surface area (Å²) in [6.07, 6.45) is 1.42. The van der Waals surface area contributed by atoms with E-state index in [2.05, 4.69) is 164 Å². The Morgan fingerprint density at radius 2 is 1.03 bits per heavy atom. The van der Waals surface area contributed by atoms with Crippen molar-refractivity contribution in [2.45, 2.75) is 62.8 Å². The first-order valence-electron chi connectivity index (χ1n) is 24.8. The zero-order valence-corrected chi connectivity index (χ0v) is 41.1. The minimum atomic E-state index is -0.423. The second-order valence-corrected chi connectivity index (χ2v) is 18.8. The van der Waals surface area contributed by atoms with Gasteiger partial charge in [-0.1, -0.05) is 133 Å². The lowest BCUT2D eigenvalue weighted by Gasteiger charge is -2.34. The van der Waals surface area contributed by atoms with Gasteiger partial charge in [-0.2, -0.15) is 0 Å². The average molecular weight is 961 g/mol. The molecule has 0 radical (unpaired) electrons. The molecule has 10 nitrogen and oxygen atoms in total. The van der Waals surface area contributed by atoms with Gasteiger partial charge in [0.15, 0.2) is 13.2 Å². The molecule has 0 amide bonds. The molecule has 0 saturated carbocycles. The van der Waals surface area contributed by atoms with Crippen molar-refractivity contribution in [1.82, 2.24) is 10.6 Å². The maximum atomic E-state index is 11.8. The smallest absolute Gasteiger partial charge is 0.343 e. The molecule has 0 saturated heterocycles. The predicted molar refractivity (Wildman–Crippen MR) is 282 cm³/mol. The summed E-state index contributed by atoms with van der Waals surface area (Å²) in [5.41, 5.74) is 9.30. The van der Waals surface area contributed by atoms with Crippen molar-refractivity contribution in [3.05, 3.63) is 203 Å². The second kappa shape index (κ2) is 21.8. The molecule has 0 spiro atoms. The molecule has 2 heterocycles. The van der Waals surface area contributed by atoms with Gasteiger partial charge in [-0.15, -0.1) is 0 Å². The number of methoxy groups -OCH3 is 2. The first kappa shape index (κ1) is 48.0. The van der Waals surface area contributed by atoms with E-state index in [9.17, 15) is 9.59 Å². The zero-order valence-electron chi connectivity index (χ0n) is 41.1. The van der Waals surface area contributed by atoms with Gasteiger partial charge in [0.05, 0.1) is 14.2 Å². The first-order valence-corrected chi connectivity index (χ1v) is 24.8. The minimum absolute atomic E-state index is 0.0313. The normalized spacial score (nSPS) is 17.9. The highest BCUT2D eigenvalue weighted by Crippen LogP contribution is 2.45. The average Bonchev–Trinajstić information content (AvgIpc) is 3.43. The Morgan fingerprint density at radius 1 is 0.528 bits per heavy atom. The van der Waals surface area contributed by atoms with Crippen LogP contribution in [0.3, 0.4) is 0 Å². The fraction of sp³-hybridized carbons (Fsp3) is 0.258. The Hall–Kier alpha value is -7.66. The summed E-state index contributed by atoms with van der Waals surface area (Å²) in [7, 11) is 2.71. The van der Waals surface area contributed by atoms with Gasteiger partial charge in [0.25, 0.3) is 0 Å². The lowest BCUT2D eigenvalue weighted by atomic mass is 9.83. The fourth-order valence-corrected chi connectivity index (χ4v) is 10.5. The molecule has 8 aromatic carbocycles. The number of hydrogen-bond donors (Lipinski definition) is 2. The number of esters is 2. The van der Waals surface area contributed by atoms with Crippen molar-refractivity contribution < 1.29 is 38.0 Å². The quantitative estimate of drug-likeness (QED) is 0.0855. The maximum absolute atomic E-state index is 11.8. The molecule has 2 N–H and O–H groups in total. The van der Waals surface area contributed by atoms with Crippen LogP contribution in [0.4, 0.5) is 0 Å². The standard InChI is InChI=1S/C62H60N2O8/c1-39(49-16-9-13-41-12-5-6-14-51(41)49)63-36-48-34-58(43-24-29-46(30-25-43)70-38-62(66)68-4)56-31-26-44(32-60(56)72-48)52-18-11-19-53-50(17-10-20-54(52)53)40(2)64-35-47-33-57(55-15-7-8-21-59(55)71-47)42-22-27-45(28-23-42)69-37-61(65)67-3/h5-32,39-40,47-48,57-58,63-64H,33-38H2,1-4H3/t39-,40-,47-,48-,57-,58+/m1/s1. The Morgan fingerprint density at radius 3 is 1.67 bits per heavy atom. The third kappa shape index (κ3) is 10.5. The number of para-hydroxylation sites is 1. The van der Waals surface area contributed by atoms with Gasteiger partial charge < -0.3 is 39.1 Å². The highest BCUT2D eigenvalue weighted by molar-refractivity contribution is 5.99. The number of nitrogens with one attached hydrogen (secondary N) is 2. The van der Waals surface area contributed by atoms with Crippen LogP contribution in [-0.2, 0) is 19.1 Å². The number of carbonyl (C=O) groups is 2. The summed E-state index contributed by atoms with van der Waals surface area (Å²) >= 11 is 0. The number of carbonyl (C=O) groups excluding carboxylic acids is 2. The van der Waals surface area contributed by atoms with E-state index in [4.69, 9.17) is 28.4 Å². The van der Waals surface area contributed by atoms with E-state index in [0.717, 1.165) is 57.7 Å². The molecule has 10 heteroatoms. The summed E-state index contributed by atoms with van der Waals surface area (Å²) in [5.74, 6) is 2.36. The van der Waals surface area contributed by atoms with E-state index in [0.29, 0.717) is 24.6 Å². The van der Waals surface area contributed by atoms with Crippen LogP contribution in [0.5, 0.6) is 23.0 Å². The predicted octanol–water partition coefficient (Wildman–Crippen LogP) is 12.0. The van der Waals surface area contributed by atoms with Gasteiger partial charge in [-0.3, -0.25) is 0 Å². The van der Waals surface area contributed by atoms with Gasteiger partial charge in [-0.25, -0.2) is 9.59 Å². The molecule has 10 rings (SSSR count). The first-order chi connectivity index (χ1) is 35.2. The molecular weight excluding hydrogens is 901 g/mol. The SMILES string of the molecule is COC(=O)COc1ccc([C@H]2C[C@H](CN[C@H](C)c3cccc4c(-c5ccc6c(c5)O[C@@H](CN[C@H](C)c5cccc7ccccc57)C[C@H]6c5ccc(OCC(=O)OC)cc5)cccc34)Oc3ccccc32)cc1. The number of benzene rings is 8. The maximum Gasteiger partial charge on any atom is 0.343 e. The molecule has 6 atom stereocenters. The number of hydrogen-bond acceptors (Lipinski definition) is 10. The van der Waals surface area contributed by atoms with Crippen LogP contribution in [0.1, 0.15) is 84.0 Å². The van der Waals surface area contributed by atoms with Crippen molar-refractivity contribution in [2.75, 3.05) is 40.5 Å². The number of fused-ring (bicyclic) bond motifs is 4. The van der Waals surface area contributed by atoms with Gasteiger partial charge >= 0.3 is 11.9 Å². The molecule has 2 aliphatic rings. The second-order valence-electron chi connectivity index (χ2n) is 18.8.